The number of phenolic OH excluding ortho intramolecular Hbond substituents is 1. The average Bonchev–Trinajstić information content (AvgIpc) is 2.39. The minimum atomic E-state index is 0.0586. The zero-order valence-corrected chi connectivity index (χ0v) is 9.05. The fourth-order valence-electron chi connectivity index (χ4n) is 2.18. The van der Waals surface area contributed by atoms with Crippen molar-refractivity contribution < 1.29 is 9.90 Å². The molecule has 0 saturated carbocycles. The van der Waals surface area contributed by atoms with E-state index >= 15 is 0 Å². The van der Waals surface area contributed by atoms with Crippen molar-refractivity contribution in [3.05, 3.63) is 54.1 Å². The first kappa shape index (κ1) is 9.85. The Bertz CT molecular complexity index is 729. The van der Waals surface area contributed by atoms with Crippen LogP contribution in [0.15, 0.2) is 48.5 Å². The molecule has 0 bridgehead atoms. The monoisotopic (exact) mass is 222 g/mol. The van der Waals surface area contributed by atoms with E-state index < -0.39 is 0 Å². The predicted molar refractivity (Wildman–Crippen MR) is 68.5 cm³/mol. The van der Waals surface area contributed by atoms with Gasteiger partial charge in [-0.2, -0.15) is 0 Å². The SMILES string of the molecule is O=Cc1ccc2c(ccc3ccccc32)c1O. The predicted octanol–water partition coefficient (Wildman–Crippen LogP) is 3.51. The molecule has 0 fully saturated rings. The number of aromatic hydroxyl groups is 1. The van der Waals surface area contributed by atoms with Gasteiger partial charge in [-0.15, -0.1) is 0 Å². The second-order valence-electron chi connectivity index (χ2n) is 4.00. The maximum absolute atomic E-state index is 10.8. The number of fused-ring (bicyclic) bond motifs is 3. The fourth-order valence-corrected chi connectivity index (χ4v) is 2.18. The molecule has 3 aromatic carbocycles. The zero-order chi connectivity index (χ0) is 11.8. The van der Waals surface area contributed by atoms with Crippen molar-refractivity contribution in [2.24, 2.45) is 0 Å². The molecule has 0 saturated heterocycles. The van der Waals surface area contributed by atoms with E-state index in [4.69, 9.17) is 0 Å². The zero-order valence-electron chi connectivity index (χ0n) is 9.05. The van der Waals surface area contributed by atoms with E-state index in [1.807, 2.05) is 42.5 Å². The van der Waals surface area contributed by atoms with Gasteiger partial charge in [0.05, 0.1) is 5.56 Å². The lowest BCUT2D eigenvalue weighted by Gasteiger charge is -2.06. The summed E-state index contributed by atoms with van der Waals surface area (Å²) in [6.07, 6.45) is 0.671. The summed E-state index contributed by atoms with van der Waals surface area (Å²) in [5.41, 5.74) is 0.327. The highest BCUT2D eigenvalue weighted by atomic mass is 16.3. The summed E-state index contributed by atoms with van der Waals surface area (Å²) in [4.78, 5) is 10.8. The summed E-state index contributed by atoms with van der Waals surface area (Å²) in [5, 5.41) is 13.9. The van der Waals surface area contributed by atoms with Crippen LogP contribution in [-0.2, 0) is 0 Å². The minimum absolute atomic E-state index is 0.0586. The summed E-state index contributed by atoms with van der Waals surface area (Å²) >= 11 is 0. The molecule has 0 atom stereocenters. The summed E-state index contributed by atoms with van der Waals surface area (Å²) in [6, 6.07) is 15.3. The van der Waals surface area contributed by atoms with Crippen molar-refractivity contribution in [3.63, 3.8) is 0 Å². The maximum Gasteiger partial charge on any atom is 0.153 e. The van der Waals surface area contributed by atoms with Crippen LogP contribution in [0, 0.1) is 0 Å². The van der Waals surface area contributed by atoms with Gasteiger partial charge in [0, 0.05) is 5.39 Å². The van der Waals surface area contributed by atoms with E-state index in [0.29, 0.717) is 17.2 Å². The molecule has 0 unspecified atom stereocenters. The molecule has 3 rings (SSSR count). The number of rotatable bonds is 1. The second kappa shape index (κ2) is 3.59. The van der Waals surface area contributed by atoms with Gasteiger partial charge in [-0.3, -0.25) is 4.79 Å². The van der Waals surface area contributed by atoms with Gasteiger partial charge < -0.3 is 5.11 Å². The van der Waals surface area contributed by atoms with Gasteiger partial charge in [0.1, 0.15) is 5.75 Å². The van der Waals surface area contributed by atoms with Crippen molar-refractivity contribution in [2.75, 3.05) is 0 Å². The molecule has 0 aromatic heterocycles. The summed E-state index contributed by atoms with van der Waals surface area (Å²) in [6.45, 7) is 0. The molecule has 0 spiro atoms. The van der Waals surface area contributed by atoms with Gasteiger partial charge in [0.2, 0.25) is 0 Å². The van der Waals surface area contributed by atoms with Crippen LogP contribution in [0.25, 0.3) is 21.5 Å². The molecule has 0 radical (unpaired) electrons. The molecular formula is C15H10O2. The number of benzene rings is 3. The Kier molecular flexibility index (Phi) is 2.08. The lowest BCUT2D eigenvalue weighted by atomic mass is 9.99. The van der Waals surface area contributed by atoms with Crippen LogP contribution in [0.1, 0.15) is 10.4 Å². The third kappa shape index (κ3) is 1.38. The first-order valence-corrected chi connectivity index (χ1v) is 5.40. The summed E-state index contributed by atoms with van der Waals surface area (Å²) in [5.74, 6) is 0.0586. The van der Waals surface area contributed by atoms with E-state index in [1.165, 1.54) is 0 Å². The van der Waals surface area contributed by atoms with Crippen LogP contribution in [-0.4, -0.2) is 11.4 Å². The smallest absolute Gasteiger partial charge is 0.153 e. The first-order chi connectivity index (χ1) is 8.31. The Morgan fingerprint density at radius 3 is 2.41 bits per heavy atom. The summed E-state index contributed by atoms with van der Waals surface area (Å²) < 4.78 is 0. The van der Waals surface area contributed by atoms with E-state index in [1.54, 1.807) is 6.07 Å². The molecule has 0 aliphatic rings. The van der Waals surface area contributed by atoms with E-state index in [2.05, 4.69) is 0 Å². The van der Waals surface area contributed by atoms with Gasteiger partial charge in [-0.05, 0) is 28.3 Å². The van der Waals surface area contributed by atoms with Crippen LogP contribution in [0.3, 0.4) is 0 Å². The van der Waals surface area contributed by atoms with Gasteiger partial charge in [-0.25, -0.2) is 0 Å². The van der Waals surface area contributed by atoms with Gasteiger partial charge in [0.25, 0.3) is 0 Å². The number of phenols is 1. The number of carbonyl (C=O) groups is 1. The maximum atomic E-state index is 10.8. The second-order valence-corrected chi connectivity index (χ2v) is 4.00. The average molecular weight is 222 g/mol. The third-order valence-corrected chi connectivity index (χ3v) is 3.06. The Labute approximate surface area is 98.1 Å². The van der Waals surface area contributed by atoms with Crippen LogP contribution < -0.4 is 0 Å². The van der Waals surface area contributed by atoms with Crippen LogP contribution in [0.5, 0.6) is 5.75 Å². The Balaban J connectivity index is 2.53. The number of hydrogen-bond acceptors (Lipinski definition) is 2. The lowest BCUT2D eigenvalue weighted by Crippen LogP contribution is -1.84. The molecule has 17 heavy (non-hydrogen) atoms. The highest BCUT2D eigenvalue weighted by Crippen LogP contribution is 2.32. The molecule has 0 aliphatic heterocycles. The van der Waals surface area contributed by atoms with Crippen molar-refractivity contribution in [1.29, 1.82) is 0 Å². The highest BCUT2D eigenvalue weighted by Gasteiger charge is 2.07. The van der Waals surface area contributed by atoms with Gasteiger partial charge in [-0.1, -0.05) is 36.4 Å². The largest absolute Gasteiger partial charge is 0.507 e. The van der Waals surface area contributed by atoms with Crippen molar-refractivity contribution >= 4 is 27.8 Å². The molecule has 3 aromatic rings. The third-order valence-electron chi connectivity index (χ3n) is 3.06. The van der Waals surface area contributed by atoms with E-state index in [-0.39, 0.29) is 5.75 Å². The molecule has 0 heterocycles. The quantitative estimate of drug-likeness (QED) is 0.505. The fraction of sp³-hybridized carbons (Fsp3) is 0. The van der Waals surface area contributed by atoms with E-state index in [9.17, 15) is 9.90 Å². The molecular weight excluding hydrogens is 212 g/mol. The van der Waals surface area contributed by atoms with E-state index in [0.717, 1.165) is 16.2 Å². The normalized spacial score (nSPS) is 10.8. The van der Waals surface area contributed by atoms with Crippen molar-refractivity contribution in [3.8, 4) is 5.75 Å². The molecule has 82 valence electrons. The van der Waals surface area contributed by atoms with Gasteiger partial charge in [0.15, 0.2) is 6.29 Å². The number of aldehydes is 1. The number of carbonyl (C=O) groups excluding carboxylic acids is 1. The molecule has 1 N–H and O–H groups in total. The Hall–Kier alpha value is -2.35. The van der Waals surface area contributed by atoms with Gasteiger partial charge >= 0.3 is 0 Å². The standard InChI is InChI=1S/C15H10O2/c16-9-11-6-7-13-12-4-2-1-3-10(12)5-8-14(13)15(11)17/h1-9,17H. The molecule has 0 aliphatic carbocycles. The number of hydrogen-bond donors (Lipinski definition) is 1. The topological polar surface area (TPSA) is 37.3 Å². The first-order valence-electron chi connectivity index (χ1n) is 5.40. The lowest BCUT2D eigenvalue weighted by molar-refractivity contribution is 0.112. The molecule has 2 nitrogen and oxygen atoms in total. The Morgan fingerprint density at radius 1 is 0.824 bits per heavy atom. The van der Waals surface area contributed by atoms with Crippen LogP contribution in [0.2, 0.25) is 0 Å². The minimum Gasteiger partial charge on any atom is -0.507 e. The highest BCUT2D eigenvalue weighted by molar-refractivity contribution is 6.11. The van der Waals surface area contributed by atoms with Crippen molar-refractivity contribution in [1.82, 2.24) is 0 Å². The Morgan fingerprint density at radius 2 is 1.59 bits per heavy atom. The molecule has 2 heteroatoms. The molecule has 0 amide bonds. The van der Waals surface area contributed by atoms with Crippen LogP contribution in [0.4, 0.5) is 0 Å². The van der Waals surface area contributed by atoms with Crippen LogP contribution >= 0.6 is 0 Å². The summed E-state index contributed by atoms with van der Waals surface area (Å²) in [7, 11) is 0. The van der Waals surface area contributed by atoms with Crippen molar-refractivity contribution in [2.45, 2.75) is 0 Å².